The highest BCUT2D eigenvalue weighted by Crippen LogP contribution is 2.28. The van der Waals surface area contributed by atoms with Crippen LogP contribution in [0.3, 0.4) is 0 Å². The molecule has 1 aromatic carbocycles. The van der Waals surface area contributed by atoms with E-state index in [1.807, 2.05) is 12.1 Å². The summed E-state index contributed by atoms with van der Waals surface area (Å²) in [4.78, 5) is 14.0. The topological polar surface area (TPSA) is 83.5 Å². The van der Waals surface area contributed by atoms with Gasteiger partial charge in [0.25, 0.3) is 5.91 Å². The molecule has 24 heavy (non-hydrogen) atoms. The van der Waals surface area contributed by atoms with E-state index in [9.17, 15) is 13.2 Å². The second kappa shape index (κ2) is 7.92. The molecule has 0 spiro atoms. The zero-order valence-electron chi connectivity index (χ0n) is 13.7. The van der Waals surface area contributed by atoms with Gasteiger partial charge in [-0.1, -0.05) is 24.3 Å². The molecule has 7 heteroatoms. The lowest BCUT2D eigenvalue weighted by Gasteiger charge is -2.12. The Morgan fingerprint density at radius 2 is 1.88 bits per heavy atom. The number of benzene rings is 1. The maximum absolute atomic E-state index is 11.6. The van der Waals surface area contributed by atoms with Gasteiger partial charge in [-0.25, -0.2) is 13.9 Å². The first-order valence-electron chi connectivity index (χ1n) is 7.60. The number of carbonyl (C=O) groups is 1. The number of thiophene rings is 1. The lowest BCUT2D eigenvalue weighted by Crippen LogP contribution is -2.37. The van der Waals surface area contributed by atoms with E-state index in [0.29, 0.717) is 12.8 Å². The van der Waals surface area contributed by atoms with Crippen molar-refractivity contribution >= 4 is 27.1 Å². The molecular weight excluding hydrogens is 346 g/mol. The maximum Gasteiger partial charge on any atom is 0.261 e. The van der Waals surface area contributed by atoms with Gasteiger partial charge in [0.2, 0.25) is 0 Å². The average Bonchev–Trinajstić information content (AvgIpc) is 2.97. The number of hydrogen-bond acceptors (Lipinski definition) is 5. The van der Waals surface area contributed by atoms with Crippen LogP contribution in [0.1, 0.15) is 23.3 Å². The highest BCUT2D eigenvalue weighted by molar-refractivity contribution is 7.92. The van der Waals surface area contributed by atoms with Crippen molar-refractivity contribution < 1.29 is 18.4 Å². The third kappa shape index (κ3) is 4.90. The zero-order chi connectivity index (χ0) is 17.7. The minimum absolute atomic E-state index is 0.178. The quantitative estimate of drug-likeness (QED) is 0.582. The molecule has 0 aliphatic rings. The van der Waals surface area contributed by atoms with Crippen LogP contribution in [-0.4, -0.2) is 31.0 Å². The summed E-state index contributed by atoms with van der Waals surface area (Å²) in [6, 6.07) is 12.3. The molecule has 0 radical (unpaired) electrons. The van der Waals surface area contributed by atoms with Crippen LogP contribution >= 0.6 is 11.3 Å². The zero-order valence-corrected chi connectivity index (χ0v) is 15.3. The van der Waals surface area contributed by atoms with Gasteiger partial charge in [0.05, 0.1) is 0 Å². The molecule has 2 rings (SSSR count). The van der Waals surface area contributed by atoms with Gasteiger partial charge in [0, 0.05) is 16.0 Å². The van der Waals surface area contributed by atoms with E-state index in [4.69, 9.17) is 5.21 Å². The first kappa shape index (κ1) is 18.6. The molecule has 1 heterocycles. The molecule has 0 saturated carbocycles. The lowest BCUT2D eigenvalue weighted by molar-refractivity contribution is -0.128. The number of hydroxylamine groups is 1. The van der Waals surface area contributed by atoms with Crippen molar-refractivity contribution in [1.29, 1.82) is 0 Å². The van der Waals surface area contributed by atoms with E-state index in [0.717, 1.165) is 17.4 Å². The van der Waals surface area contributed by atoms with Crippen LogP contribution in [0.25, 0.3) is 10.4 Å². The van der Waals surface area contributed by atoms with Crippen molar-refractivity contribution in [2.45, 2.75) is 31.4 Å². The van der Waals surface area contributed by atoms with E-state index >= 15 is 0 Å². The SMILES string of the molecule is Cc1ccc(-c2ccc(CCCC(C(=O)NO)S(C)(=O)=O)cc2)s1. The van der Waals surface area contributed by atoms with Crippen molar-refractivity contribution in [3.63, 3.8) is 0 Å². The molecule has 2 aromatic rings. The molecule has 1 unspecified atom stereocenters. The summed E-state index contributed by atoms with van der Waals surface area (Å²) in [6.07, 6.45) is 2.40. The van der Waals surface area contributed by atoms with Crippen LogP contribution in [0.2, 0.25) is 0 Å². The summed E-state index contributed by atoms with van der Waals surface area (Å²) in [5.41, 5.74) is 3.68. The number of hydrogen-bond donors (Lipinski definition) is 2. The summed E-state index contributed by atoms with van der Waals surface area (Å²) >= 11 is 1.74. The van der Waals surface area contributed by atoms with Crippen LogP contribution in [0.4, 0.5) is 0 Å². The first-order valence-corrected chi connectivity index (χ1v) is 10.4. The van der Waals surface area contributed by atoms with Crippen molar-refractivity contribution in [2.24, 2.45) is 0 Å². The standard InChI is InChI=1S/C17H21NO4S2/c1-12-6-11-15(23-12)14-9-7-13(8-10-14)4-3-5-16(17(19)18-20)24(2,21)22/h6-11,16,20H,3-5H2,1-2H3,(H,18,19). The predicted molar refractivity (Wildman–Crippen MR) is 96.0 cm³/mol. The molecule has 0 bridgehead atoms. The summed E-state index contributed by atoms with van der Waals surface area (Å²) in [5.74, 6) is -0.874. The largest absolute Gasteiger partial charge is 0.289 e. The highest BCUT2D eigenvalue weighted by Gasteiger charge is 2.27. The summed E-state index contributed by atoms with van der Waals surface area (Å²) in [7, 11) is -3.54. The van der Waals surface area contributed by atoms with Gasteiger partial charge in [0.1, 0.15) is 5.25 Å². The van der Waals surface area contributed by atoms with Gasteiger partial charge in [-0.2, -0.15) is 0 Å². The molecule has 2 N–H and O–H groups in total. The first-order chi connectivity index (χ1) is 11.3. The minimum Gasteiger partial charge on any atom is -0.289 e. The van der Waals surface area contributed by atoms with Gasteiger partial charge in [-0.05, 0) is 49.4 Å². The summed E-state index contributed by atoms with van der Waals surface area (Å²) in [6.45, 7) is 2.07. The number of carbonyl (C=O) groups excluding carboxylic acids is 1. The van der Waals surface area contributed by atoms with Crippen LogP contribution < -0.4 is 5.48 Å². The molecule has 1 amide bonds. The predicted octanol–water partition coefficient (Wildman–Crippen LogP) is 2.96. The number of sulfone groups is 1. The van der Waals surface area contributed by atoms with E-state index in [-0.39, 0.29) is 6.42 Å². The second-order valence-corrected chi connectivity index (χ2v) is 9.31. The Hall–Kier alpha value is -1.70. The molecule has 1 aromatic heterocycles. The van der Waals surface area contributed by atoms with Crippen LogP contribution in [0, 0.1) is 6.92 Å². The number of nitrogens with one attached hydrogen (secondary N) is 1. The summed E-state index contributed by atoms with van der Waals surface area (Å²) in [5, 5.41) is 7.45. The number of rotatable bonds is 7. The van der Waals surface area contributed by atoms with E-state index < -0.39 is 21.0 Å². The normalized spacial score (nSPS) is 12.8. The Labute approximate surface area is 146 Å². The van der Waals surface area contributed by atoms with Crippen molar-refractivity contribution in [3.8, 4) is 10.4 Å². The van der Waals surface area contributed by atoms with E-state index in [1.54, 1.807) is 11.3 Å². The Morgan fingerprint density at radius 1 is 1.21 bits per heavy atom. The van der Waals surface area contributed by atoms with Crippen LogP contribution in [-0.2, 0) is 21.1 Å². The number of amides is 1. The van der Waals surface area contributed by atoms with Gasteiger partial charge in [-0.3, -0.25) is 10.0 Å². The second-order valence-electron chi connectivity index (χ2n) is 5.79. The van der Waals surface area contributed by atoms with Gasteiger partial charge in [-0.15, -0.1) is 11.3 Å². The molecule has 0 aliphatic heterocycles. The van der Waals surface area contributed by atoms with Crippen LogP contribution in [0.5, 0.6) is 0 Å². The Morgan fingerprint density at radius 3 is 2.38 bits per heavy atom. The molecule has 0 aliphatic carbocycles. The Bertz CT molecular complexity index is 794. The van der Waals surface area contributed by atoms with Gasteiger partial charge >= 0.3 is 0 Å². The summed E-state index contributed by atoms with van der Waals surface area (Å²) < 4.78 is 23.2. The Kier molecular flexibility index (Phi) is 6.15. The molecule has 130 valence electrons. The van der Waals surface area contributed by atoms with Crippen LogP contribution in [0.15, 0.2) is 36.4 Å². The van der Waals surface area contributed by atoms with E-state index in [2.05, 4.69) is 31.2 Å². The van der Waals surface area contributed by atoms with Crippen molar-refractivity contribution in [2.75, 3.05) is 6.26 Å². The highest BCUT2D eigenvalue weighted by atomic mass is 32.2. The maximum atomic E-state index is 11.6. The fourth-order valence-electron chi connectivity index (χ4n) is 2.53. The van der Waals surface area contributed by atoms with Crippen molar-refractivity contribution in [3.05, 3.63) is 46.8 Å². The molecule has 0 saturated heterocycles. The monoisotopic (exact) mass is 367 g/mol. The van der Waals surface area contributed by atoms with Gasteiger partial charge in [0.15, 0.2) is 9.84 Å². The van der Waals surface area contributed by atoms with Gasteiger partial charge < -0.3 is 0 Å². The fraction of sp³-hybridized carbons (Fsp3) is 0.353. The number of aryl methyl sites for hydroxylation is 2. The minimum atomic E-state index is -3.54. The molecule has 0 fully saturated rings. The van der Waals surface area contributed by atoms with Crippen molar-refractivity contribution in [1.82, 2.24) is 5.48 Å². The fourth-order valence-corrected chi connectivity index (χ4v) is 4.44. The lowest BCUT2D eigenvalue weighted by atomic mass is 10.0. The molecule has 5 nitrogen and oxygen atoms in total. The molecular formula is C17H21NO4S2. The molecule has 1 atom stereocenters. The third-order valence-corrected chi connectivity index (χ3v) is 6.36. The Balaban J connectivity index is 1.96. The van der Waals surface area contributed by atoms with E-state index in [1.165, 1.54) is 15.2 Å². The third-order valence-electron chi connectivity index (χ3n) is 3.83. The average molecular weight is 367 g/mol. The smallest absolute Gasteiger partial charge is 0.261 e.